The number of carbonyl (C=O) groups is 1. The average molecular weight is 361 g/mol. The van der Waals surface area contributed by atoms with E-state index < -0.39 is 0 Å². The van der Waals surface area contributed by atoms with Crippen LogP contribution in [0.15, 0.2) is 18.3 Å². The van der Waals surface area contributed by atoms with E-state index in [0.29, 0.717) is 12.4 Å². The molecule has 0 radical (unpaired) electrons. The van der Waals surface area contributed by atoms with Gasteiger partial charge in [0.2, 0.25) is 5.91 Å². The molecule has 1 aromatic rings. The van der Waals surface area contributed by atoms with Gasteiger partial charge in [0.05, 0.1) is 18.4 Å². The van der Waals surface area contributed by atoms with E-state index in [1.807, 2.05) is 18.3 Å². The van der Waals surface area contributed by atoms with Crippen molar-refractivity contribution in [3.63, 3.8) is 0 Å². The van der Waals surface area contributed by atoms with Gasteiger partial charge in [-0.25, -0.2) is 4.98 Å². The molecule has 3 rings (SSSR count). The van der Waals surface area contributed by atoms with E-state index in [0.717, 1.165) is 31.2 Å². The SMILES string of the molecule is Cl.Cl.O=C(CNCC1CC1)Nc1ccc(N2CCCCC2)cn1. The number of hydrogen-bond donors (Lipinski definition) is 2. The van der Waals surface area contributed by atoms with Gasteiger partial charge in [-0.15, -0.1) is 24.8 Å². The second kappa shape index (κ2) is 9.96. The Morgan fingerprint density at radius 3 is 2.52 bits per heavy atom. The lowest BCUT2D eigenvalue weighted by Gasteiger charge is -2.28. The topological polar surface area (TPSA) is 57.3 Å². The number of aromatic nitrogens is 1. The van der Waals surface area contributed by atoms with Crippen LogP contribution in [0.25, 0.3) is 0 Å². The first-order valence-corrected chi connectivity index (χ1v) is 8.03. The fraction of sp³-hybridized carbons (Fsp3) is 0.625. The normalized spacial score (nSPS) is 17.0. The summed E-state index contributed by atoms with van der Waals surface area (Å²) in [6.07, 6.45) is 8.29. The van der Waals surface area contributed by atoms with Gasteiger partial charge >= 0.3 is 0 Å². The molecule has 0 aromatic carbocycles. The molecule has 0 unspecified atom stereocenters. The van der Waals surface area contributed by atoms with Crippen molar-refractivity contribution in [1.82, 2.24) is 10.3 Å². The van der Waals surface area contributed by atoms with Crippen LogP contribution < -0.4 is 15.5 Å². The molecular formula is C16H26Cl2N4O. The van der Waals surface area contributed by atoms with Crippen LogP contribution in [0.2, 0.25) is 0 Å². The predicted molar refractivity (Wildman–Crippen MR) is 99.0 cm³/mol. The van der Waals surface area contributed by atoms with E-state index in [1.54, 1.807) is 0 Å². The van der Waals surface area contributed by atoms with Crippen molar-refractivity contribution in [3.05, 3.63) is 18.3 Å². The lowest BCUT2D eigenvalue weighted by atomic mass is 10.1. The van der Waals surface area contributed by atoms with Gasteiger partial charge < -0.3 is 15.5 Å². The van der Waals surface area contributed by atoms with Crippen molar-refractivity contribution < 1.29 is 4.79 Å². The first-order valence-electron chi connectivity index (χ1n) is 8.03. The largest absolute Gasteiger partial charge is 0.370 e. The van der Waals surface area contributed by atoms with Crippen molar-refractivity contribution in [2.75, 3.05) is 36.4 Å². The summed E-state index contributed by atoms with van der Waals surface area (Å²) in [6, 6.07) is 3.94. The molecule has 1 aromatic heterocycles. The van der Waals surface area contributed by atoms with Crippen molar-refractivity contribution >= 4 is 42.2 Å². The van der Waals surface area contributed by atoms with Crippen LogP contribution in [0.4, 0.5) is 11.5 Å². The Bertz CT molecular complexity index is 473. The third-order valence-corrected chi connectivity index (χ3v) is 4.15. The molecule has 7 heteroatoms. The van der Waals surface area contributed by atoms with Crippen LogP contribution in [0, 0.1) is 5.92 Å². The average Bonchev–Trinajstić information content (AvgIpc) is 3.33. The van der Waals surface area contributed by atoms with Crippen LogP contribution in [0.1, 0.15) is 32.1 Å². The number of piperidine rings is 1. The molecule has 2 heterocycles. The van der Waals surface area contributed by atoms with E-state index in [9.17, 15) is 4.79 Å². The molecule has 2 fully saturated rings. The minimum absolute atomic E-state index is 0. The maximum absolute atomic E-state index is 11.8. The third-order valence-electron chi connectivity index (χ3n) is 4.15. The molecule has 1 aliphatic heterocycles. The van der Waals surface area contributed by atoms with E-state index >= 15 is 0 Å². The Labute approximate surface area is 150 Å². The quantitative estimate of drug-likeness (QED) is 0.818. The molecule has 130 valence electrons. The first kappa shape index (κ1) is 20.0. The highest BCUT2D eigenvalue weighted by atomic mass is 35.5. The number of halogens is 2. The van der Waals surface area contributed by atoms with E-state index in [-0.39, 0.29) is 30.7 Å². The molecule has 23 heavy (non-hydrogen) atoms. The molecule has 5 nitrogen and oxygen atoms in total. The molecule has 0 spiro atoms. The number of pyridine rings is 1. The number of carbonyl (C=O) groups excluding carboxylic acids is 1. The number of anilines is 2. The molecule has 0 bridgehead atoms. The Morgan fingerprint density at radius 2 is 1.91 bits per heavy atom. The fourth-order valence-electron chi connectivity index (χ4n) is 2.70. The summed E-state index contributed by atoms with van der Waals surface area (Å²) in [5.74, 6) is 1.41. The second-order valence-corrected chi connectivity index (χ2v) is 6.07. The van der Waals surface area contributed by atoms with Gasteiger partial charge in [-0.3, -0.25) is 4.79 Å². The second-order valence-electron chi connectivity index (χ2n) is 6.07. The van der Waals surface area contributed by atoms with Crippen LogP contribution in [0.3, 0.4) is 0 Å². The summed E-state index contributed by atoms with van der Waals surface area (Å²) in [6.45, 7) is 3.54. The molecular weight excluding hydrogens is 335 g/mol. The van der Waals surface area contributed by atoms with Crippen LogP contribution in [-0.2, 0) is 4.79 Å². The summed E-state index contributed by atoms with van der Waals surface area (Å²) in [7, 11) is 0. The summed E-state index contributed by atoms with van der Waals surface area (Å²) < 4.78 is 0. The molecule has 1 saturated carbocycles. The minimum Gasteiger partial charge on any atom is -0.370 e. The number of nitrogens with zero attached hydrogens (tertiary/aromatic N) is 2. The zero-order valence-electron chi connectivity index (χ0n) is 13.3. The molecule has 2 aliphatic rings. The Morgan fingerprint density at radius 1 is 1.17 bits per heavy atom. The van der Waals surface area contributed by atoms with Gasteiger partial charge in [-0.05, 0) is 56.7 Å². The van der Waals surface area contributed by atoms with Crippen molar-refractivity contribution in [2.24, 2.45) is 5.92 Å². The highest BCUT2D eigenvalue weighted by molar-refractivity contribution is 5.91. The standard InChI is InChI=1S/C16H24N4O.2ClH/c21-16(12-17-10-13-4-5-13)19-15-7-6-14(11-18-15)20-8-2-1-3-9-20;;/h6-7,11,13,17H,1-5,8-10,12H2,(H,18,19,21);2*1H. The van der Waals surface area contributed by atoms with Crippen LogP contribution in [-0.4, -0.2) is 37.1 Å². The first-order chi connectivity index (χ1) is 10.3. The van der Waals surface area contributed by atoms with E-state index in [1.165, 1.54) is 32.1 Å². The Kier molecular flexibility index (Phi) is 8.66. The van der Waals surface area contributed by atoms with Gasteiger partial charge in [-0.2, -0.15) is 0 Å². The van der Waals surface area contributed by atoms with Gasteiger partial charge in [0.15, 0.2) is 0 Å². The number of hydrogen-bond acceptors (Lipinski definition) is 4. The van der Waals surface area contributed by atoms with Gasteiger partial charge in [0.25, 0.3) is 0 Å². The maximum atomic E-state index is 11.8. The molecule has 1 amide bonds. The summed E-state index contributed by atoms with van der Waals surface area (Å²) >= 11 is 0. The molecule has 1 saturated heterocycles. The smallest absolute Gasteiger partial charge is 0.239 e. The molecule has 2 N–H and O–H groups in total. The van der Waals surface area contributed by atoms with Crippen LogP contribution in [0.5, 0.6) is 0 Å². The molecule has 0 atom stereocenters. The number of rotatable bonds is 6. The minimum atomic E-state index is -0.0196. The van der Waals surface area contributed by atoms with Gasteiger partial charge in [0, 0.05) is 13.1 Å². The lowest BCUT2D eigenvalue weighted by Crippen LogP contribution is -2.30. The fourth-order valence-corrected chi connectivity index (χ4v) is 2.70. The lowest BCUT2D eigenvalue weighted by molar-refractivity contribution is -0.115. The van der Waals surface area contributed by atoms with Crippen molar-refractivity contribution in [3.8, 4) is 0 Å². The van der Waals surface area contributed by atoms with Crippen LogP contribution >= 0.6 is 24.8 Å². The highest BCUT2D eigenvalue weighted by Gasteiger charge is 2.20. The summed E-state index contributed by atoms with van der Waals surface area (Å²) in [4.78, 5) is 18.5. The zero-order valence-corrected chi connectivity index (χ0v) is 14.9. The maximum Gasteiger partial charge on any atom is 0.239 e. The zero-order chi connectivity index (χ0) is 14.5. The van der Waals surface area contributed by atoms with E-state index in [4.69, 9.17) is 0 Å². The third kappa shape index (κ3) is 6.53. The van der Waals surface area contributed by atoms with Crippen molar-refractivity contribution in [1.29, 1.82) is 0 Å². The molecule has 1 aliphatic carbocycles. The van der Waals surface area contributed by atoms with Gasteiger partial charge in [0.1, 0.15) is 5.82 Å². The highest BCUT2D eigenvalue weighted by Crippen LogP contribution is 2.27. The Balaban J connectivity index is 0.00000132. The predicted octanol–water partition coefficient (Wildman–Crippen LogP) is 2.85. The summed E-state index contributed by atoms with van der Waals surface area (Å²) in [5, 5.41) is 6.02. The van der Waals surface area contributed by atoms with E-state index in [2.05, 4.69) is 20.5 Å². The summed E-state index contributed by atoms with van der Waals surface area (Å²) in [5.41, 5.74) is 1.15. The monoisotopic (exact) mass is 360 g/mol. The van der Waals surface area contributed by atoms with Crippen molar-refractivity contribution in [2.45, 2.75) is 32.1 Å². The Hall–Kier alpha value is -1.04. The number of nitrogens with one attached hydrogen (secondary N) is 2. The number of amides is 1. The van der Waals surface area contributed by atoms with Gasteiger partial charge in [-0.1, -0.05) is 0 Å².